The first-order valence-corrected chi connectivity index (χ1v) is 11.6. The van der Waals surface area contributed by atoms with Gasteiger partial charge in [0.25, 0.3) is 0 Å². The lowest BCUT2D eigenvalue weighted by atomic mass is 10.2. The summed E-state index contributed by atoms with van der Waals surface area (Å²) in [6, 6.07) is 15.2. The molecule has 3 aromatic rings. The summed E-state index contributed by atoms with van der Waals surface area (Å²) in [5, 5.41) is 13.6. The molecule has 0 spiro atoms. The minimum atomic E-state index is -0.580. The van der Waals surface area contributed by atoms with Crippen LogP contribution in [0.2, 0.25) is 0 Å². The fraction of sp³-hybridized carbons (Fsp3) is 0.360. The van der Waals surface area contributed by atoms with Crippen LogP contribution >= 0.6 is 12.2 Å². The molecule has 0 bridgehead atoms. The molecule has 2 N–H and O–H groups in total. The lowest BCUT2D eigenvalue weighted by Crippen LogP contribution is -2.36. The molecule has 9 heteroatoms. The Morgan fingerprint density at radius 3 is 2.09 bits per heavy atom. The van der Waals surface area contributed by atoms with Crippen LogP contribution in [-0.4, -0.2) is 52.2 Å². The number of benzene rings is 2. The molecule has 8 nitrogen and oxygen atoms in total. The molecule has 2 heterocycles. The summed E-state index contributed by atoms with van der Waals surface area (Å²) >= 11 is 5.73. The van der Waals surface area contributed by atoms with E-state index in [2.05, 4.69) is 22.3 Å². The van der Waals surface area contributed by atoms with Crippen LogP contribution < -0.4 is 10.2 Å². The summed E-state index contributed by atoms with van der Waals surface area (Å²) in [5.41, 5.74) is 3.33. The quantitative estimate of drug-likeness (QED) is 0.498. The number of rotatable bonds is 4. The molecule has 1 aliphatic rings. The molecule has 1 fully saturated rings. The third kappa shape index (κ3) is 5.10. The second-order valence-electron chi connectivity index (χ2n) is 9.15. The van der Waals surface area contributed by atoms with Crippen LogP contribution in [0.15, 0.2) is 48.5 Å². The van der Waals surface area contributed by atoms with Crippen molar-refractivity contribution in [2.45, 2.75) is 33.3 Å². The molecule has 0 radical (unpaired) electrons. The van der Waals surface area contributed by atoms with E-state index in [-0.39, 0.29) is 5.88 Å². The number of anilines is 2. The number of nitrogens with zero attached hydrogens (tertiary/aromatic N) is 3. The largest absolute Gasteiger partial charge is 0.493 e. The fourth-order valence-electron chi connectivity index (χ4n) is 3.88. The predicted octanol–water partition coefficient (Wildman–Crippen LogP) is 5.20. The van der Waals surface area contributed by atoms with Crippen molar-refractivity contribution < 1.29 is 19.4 Å². The maximum Gasteiger partial charge on any atom is 0.412 e. The SMILES string of the molecule is Cc1c(O)n(-c2ccc(NC(=O)OC(C)(C)C)cc2)c(=S)n1-c1ccc(N2CCOCC2)cc1. The van der Waals surface area contributed by atoms with E-state index in [1.165, 1.54) is 0 Å². The number of nitrogens with one attached hydrogen (secondary N) is 1. The number of imidazole rings is 1. The third-order valence-corrected chi connectivity index (χ3v) is 5.87. The zero-order valence-corrected chi connectivity index (χ0v) is 20.7. The van der Waals surface area contributed by atoms with E-state index < -0.39 is 11.7 Å². The lowest BCUT2D eigenvalue weighted by molar-refractivity contribution is 0.0636. The maximum atomic E-state index is 12.0. The second kappa shape index (κ2) is 9.52. The van der Waals surface area contributed by atoms with Gasteiger partial charge in [0.05, 0.1) is 24.6 Å². The topological polar surface area (TPSA) is 80.9 Å². The van der Waals surface area contributed by atoms with Gasteiger partial charge < -0.3 is 19.5 Å². The van der Waals surface area contributed by atoms with Crippen molar-refractivity contribution in [2.24, 2.45) is 0 Å². The number of aromatic hydroxyl groups is 1. The standard InChI is InChI=1S/C25H30N4O4S/c1-17-22(30)29(21-7-5-18(6-8-21)26-23(31)33-25(2,3)4)24(34)28(17)20-11-9-19(10-12-20)27-13-15-32-16-14-27/h5-12,30H,13-16H2,1-4H3,(H,26,31). The summed E-state index contributed by atoms with van der Waals surface area (Å²) < 4.78 is 14.6. The van der Waals surface area contributed by atoms with Crippen LogP contribution in [0.4, 0.5) is 16.2 Å². The van der Waals surface area contributed by atoms with Gasteiger partial charge in [-0.05, 0) is 88.4 Å². The Kier molecular flexibility index (Phi) is 6.67. The molecule has 0 aliphatic carbocycles. The number of amides is 1. The van der Waals surface area contributed by atoms with Gasteiger partial charge in [0.1, 0.15) is 5.60 Å². The lowest BCUT2D eigenvalue weighted by Gasteiger charge is -2.29. The first kappa shape index (κ1) is 23.8. The minimum Gasteiger partial charge on any atom is -0.493 e. The predicted molar refractivity (Wildman–Crippen MR) is 135 cm³/mol. The number of morpholine rings is 1. The smallest absolute Gasteiger partial charge is 0.412 e. The van der Waals surface area contributed by atoms with Gasteiger partial charge in [0.2, 0.25) is 5.88 Å². The van der Waals surface area contributed by atoms with Crippen LogP contribution in [0.5, 0.6) is 5.88 Å². The first-order valence-electron chi connectivity index (χ1n) is 11.2. The third-order valence-electron chi connectivity index (χ3n) is 5.51. The average molecular weight is 483 g/mol. The highest BCUT2D eigenvalue weighted by molar-refractivity contribution is 7.71. The van der Waals surface area contributed by atoms with Gasteiger partial charge in [-0.3, -0.25) is 14.5 Å². The van der Waals surface area contributed by atoms with Gasteiger partial charge in [-0.1, -0.05) is 0 Å². The molecular weight excluding hydrogens is 452 g/mol. The zero-order valence-electron chi connectivity index (χ0n) is 19.9. The molecular formula is C25H30N4O4S. The van der Waals surface area contributed by atoms with Crippen LogP contribution in [0.3, 0.4) is 0 Å². The highest BCUT2D eigenvalue weighted by Gasteiger charge is 2.19. The Bertz CT molecular complexity index is 1220. The summed E-state index contributed by atoms with van der Waals surface area (Å²) in [6.07, 6.45) is -0.526. The Labute approximate surface area is 204 Å². The molecule has 1 saturated heterocycles. The average Bonchev–Trinajstić information content (AvgIpc) is 3.02. The maximum absolute atomic E-state index is 12.0. The van der Waals surface area contributed by atoms with Crippen molar-refractivity contribution in [3.63, 3.8) is 0 Å². The highest BCUT2D eigenvalue weighted by atomic mass is 32.1. The molecule has 1 amide bonds. The van der Waals surface area contributed by atoms with E-state index in [1.807, 2.05) is 44.4 Å². The molecule has 0 saturated carbocycles. The molecule has 1 aromatic heterocycles. The van der Waals surface area contributed by atoms with Crippen molar-refractivity contribution in [1.82, 2.24) is 9.13 Å². The molecule has 0 unspecified atom stereocenters. The van der Waals surface area contributed by atoms with Gasteiger partial charge >= 0.3 is 6.09 Å². The van der Waals surface area contributed by atoms with E-state index in [9.17, 15) is 9.90 Å². The molecule has 2 aromatic carbocycles. The number of carbonyl (C=O) groups excluding carboxylic acids is 1. The Morgan fingerprint density at radius 2 is 1.50 bits per heavy atom. The number of carbonyl (C=O) groups is 1. The first-order chi connectivity index (χ1) is 16.1. The number of ether oxygens (including phenoxy) is 2. The normalized spacial score (nSPS) is 14.2. The van der Waals surface area contributed by atoms with Gasteiger partial charge in [0.15, 0.2) is 4.77 Å². The fourth-order valence-corrected chi connectivity index (χ4v) is 4.32. The van der Waals surface area contributed by atoms with E-state index in [0.717, 1.165) is 37.7 Å². The van der Waals surface area contributed by atoms with Crippen molar-refractivity contribution >= 4 is 29.7 Å². The number of aromatic nitrogens is 2. The summed E-state index contributed by atoms with van der Waals surface area (Å²) in [4.78, 5) is 14.3. The summed E-state index contributed by atoms with van der Waals surface area (Å²) in [5.74, 6) is 0.0649. The van der Waals surface area contributed by atoms with Gasteiger partial charge in [-0.15, -0.1) is 0 Å². The van der Waals surface area contributed by atoms with E-state index in [1.54, 1.807) is 28.8 Å². The van der Waals surface area contributed by atoms with Gasteiger partial charge in [0, 0.05) is 30.2 Å². The van der Waals surface area contributed by atoms with Crippen LogP contribution in [0.25, 0.3) is 11.4 Å². The van der Waals surface area contributed by atoms with E-state index in [0.29, 0.717) is 21.8 Å². The van der Waals surface area contributed by atoms with Crippen molar-refractivity contribution in [3.05, 3.63) is 59.0 Å². The summed E-state index contributed by atoms with van der Waals surface area (Å²) in [6.45, 7) is 10.5. The molecule has 1 aliphatic heterocycles. The number of hydrogen-bond acceptors (Lipinski definition) is 6. The van der Waals surface area contributed by atoms with Crippen LogP contribution in [0, 0.1) is 11.7 Å². The minimum absolute atomic E-state index is 0.0649. The van der Waals surface area contributed by atoms with Gasteiger partial charge in [-0.2, -0.15) is 0 Å². The van der Waals surface area contributed by atoms with Crippen LogP contribution in [-0.2, 0) is 9.47 Å². The van der Waals surface area contributed by atoms with Crippen molar-refractivity contribution in [3.8, 4) is 17.3 Å². The van der Waals surface area contributed by atoms with E-state index >= 15 is 0 Å². The van der Waals surface area contributed by atoms with Gasteiger partial charge in [-0.25, -0.2) is 4.79 Å². The molecule has 4 rings (SSSR count). The van der Waals surface area contributed by atoms with Crippen molar-refractivity contribution in [2.75, 3.05) is 36.5 Å². The van der Waals surface area contributed by atoms with Crippen molar-refractivity contribution in [1.29, 1.82) is 0 Å². The Hall–Kier alpha value is -3.30. The second-order valence-corrected chi connectivity index (χ2v) is 9.52. The number of hydrogen-bond donors (Lipinski definition) is 2. The monoisotopic (exact) mass is 482 g/mol. The molecule has 0 atom stereocenters. The highest BCUT2D eigenvalue weighted by Crippen LogP contribution is 2.29. The molecule has 34 heavy (non-hydrogen) atoms. The van der Waals surface area contributed by atoms with Crippen LogP contribution in [0.1, 0.15) is 26.5 Å². The molecule has 180 valence electrons. The Morgan fingerprint density at radius 1 is 0.971 bits per heavy atom. The zero-order chi connectivity index (χ0) is 24.5. The van der Waals surface area contributed by atoms with E-state index in [4.69, 9.17) is 21.7 Å². The Balaban J connectivity index is 1.58. The summed E-state index contributed by atoms with van der Waals surface area (Å²) in [7, 11) is 0.